The van der Waals surface area contributed by atoms with Crippen molar-refractivity contribution in [3.8, 4) is 17.2 Å². The van der Waals surface area contributed by atoms with Crippen molar-refractivity contribution in [3.63, 3.8) is 0 Å². The quantitative estimate of drug-likeness (QED) is 0.805. The van der Waals surface area contributed by atoms with E-state index in [-0.39, 0.29) is 11.9 Å². The van der Waals surface area contributed by atoms with Crippen molar-refractivity contribution >= 4 is 11.6 Å². The fraction of sp³-hybridized carbons (Fsp3) is 0.381. The molecule has 1 saturated heterocycles. The molecule has 0 bridgehead atoms. The van der Waals surface area contributed by atoms with Crippen LogP contribution in [0.3, 0.4) is 0 Å². The summed E-state index contributed by atoms with van der Waals surface area (Å²) in [5.41, 5.74) is 0.907. The smallest absolute Gasteiger partial charge is 0.244 e. The van der Waals surface area contributed by atoms with Gasteiger partial charge >= 0.3 is 0 Å². The monoisotopic (exact) mass is 354 g/mol. The van der Waals surface area contributed by atoms with Gasteiger partial charge in [-0.1, -0.05) is 0 Å². The van der Waals surface area contributed by atoms with Crippen LogP contribution in [-0.4, -0.2) is 36.5 Å². The molecule has 1 aliphatic rings. The van der Waals surface area contributed by atoms with Crippen LogP contribution in [0.5, 0.6) is 17.2 Å². The molecule has 1 amide bonds. The molecule has 0 saturated carbocycles. The molecule has 1 heterocycles. The van der Waals surface area contributed by atoms with E-state index in [4.69, 9.17) is 9.47 Å². The lowest BCUT2D eigenvalue weighted by Crippen LogP contribution is -2.39. The molecule has 3 rings (SSSR count). The third-order valence-corrected chi connectivity index (χ3v) is 4.40. The predicted octanol–water partition coefficient (Wildman–Crippen LogP) is 4.30. The Hall–Kier alpha value is -2.69. The maximum absolute atomic E-state index is 12.4. The van der Waals surface area contributed by atoms with Gasteiger partial charge in [0.05, 0.1) is 6.61 Å². The van der Waals surface area contributed by atoms with Gasteiger partial charge < -0.3 is 19.7 Å². The summed E-state index contributed by atoms with van der Waals surface area (Å²) in [4.78, 5) is 14.3. The van der Waals surface area contributed by atoms with Crippen LogP contribution in [0, 0.1) is 0 Å². The number of rotatable bonds is 7. The minimum absolute atomic E-state index is 0.164. The van der Waals surface area contributed by atoms with Crippen molar-refractivity contribution in [2.75, 3.05) is 25.0 Å². The van der Waals surface area contributed by atoms with Crippen LogP contribution in [-0.2, 0) is 4.79 Å². The Morgan fingerprint density at radius 1 is 1.00 bits per heavy atom. The second kappa shape index (κ2) is 8.61. The lowest BCUT2D eigenvalue weighted by molar-refractivity contribution is -0.130. The number of amides is 1. The molecular weight excluding hydrogens is 328 g/mol. The highest BCUT2D eigenvalue weighted by atomic mass is 16.5. The molecule has 5 heteroatoms. The maximum atomic E-state index is 12.4. The van der Waals surface area contributed by atoms with Gasteiger partial charge in [-0.3, -0.25) is 4.79 Å². The summed E-state index contributed by atoms with van der Waals surface area (Å²) in [7, 11) is 0. The molecule has 26 heavy (non-hydrogen) atoms. The lowest BCUT2D eigenvalue weighted by Gasteiger charge is -2.22. The number of ether oxygens (including phenoxy) is 2. The SMILES string of the molecule is CCOc1ccc(Oc2ccc(N[C@@H](C)C(=O)N3CCCC3)cc2)cc1. The number of benzene rings is 2. The number of hydrogen-bond donors (Lipinski definition) is 1. The van der Waals surface area contributed by atoms with Gasteiger partial charge in [0.1, 0.15) is 23.3 Å². The molecule has 0 radical (unpaired) electrons. The summed E-state index contributed by atoms with van der Waals surface area (Å²) in [5.74, 6) is 2.50. The fourth-order valence-electron chi connectivity index (χ4n) is 3.05. The van der Waals surface area contributed by atoms with Gasteiger partial charge in [-0.2, -0.15) is 0 Å². The summed E-state index contributed by atoms with van der Waals surface area (Å²) < 4.78 is 11.3. The van der Waals surface area contributed by atoms with Gasteiger partial charge in [-0.05, 0) is 75.2 Å². The molecule has 1 fully saturated rings. The first-order chi connectivity index (χ1) is 12.7. The van der Waals surface area contributed by atoms with Crippen LogP contribution in [0.1, 0.15) is 26.7 Å². The molecule has 0 aromatic heterocycles. The number of hydrogen-bond acceptors (Lipinski definition) is 4. The Morgan fingerprint density at radius 3 is 2.12 bits per heavy atom. The van der Waals surface area contributed by atoms with E-state index in [1.165, 1.54) is 0 Å². The number of nitrogens with zero attached hydrogens (tertiary/aromatic N) is 1. The van der Waals surface area contributed by atoms with E-state index >= 15 is 0 Å². The van der Waals surface area contributed by atoms with Gasteiger partial charge in [-0.25, -0.2) is 0 Å². The highest BCUT2D eigenvalue weighted by molar-refractivity contribution is 5.84. The Balaban J connectivity index is 1.55. The summed E-state index contributed by atoms with van der Waals surface area (Å²) in [6, 6.07) is 15.0. The maximum Gasteiger partial charge on any atom is 0.244 e. The molecule has 5 nitrogen and oxygen atoms in total. The first-order valence-corrected chi connectivity index (χ1v) is 9.22. The first-order valence-electron chi connectivity index (χ1n) is 9.22. The van der Waals surface area contributed by atoms with Crippen LogP contribution in [0.15, 0.2) is 48.5 Å². The Kier molecular flexibility index (Phi) is 6.00. The Morgan fingerprint density at radius 2 is 1.54 bits per heavy atom. The largest absolute Gasteiger partial charge is 0.494 e. The zero-order valence-corrected chi connectivity index (χ0v) is 15.4. The second-order valence-electron chi connectivity index (χ2n) is 6.43. The molecule has 138 valence electrons. The topological polar surface area (TPSA) is 50.8 Å². The van der Waals surface area contributed by atoms with E-state index in [9.17, 15) is 4.79 Å². The number of anilines is 1. The van der Waals surface area contributed by atoms with Crippen molar-refractivity contribution in [1.29, 1.82) is 0 Å². The van der Waals surface area contributed by atoms with E-state index in [2.05, 4.69) is 5.32 Å². The highest BCUT2D eigenvalue weighted by Crippen LogP contribution is 2.25. The molecule has 2 aromatic carbocycles. The van der Waals surface area contributed by atoms with Crippen LogP contribution < -0.4 is 14.8 Å². The van der Waals surface area contributed by atoms with Crippen LogP contribution in [0.25, 0.3) is 0 Å². The fourth-order valence-corrected chi connectivity index (χ4v) is 3.05. The van der Waals surface area contributed by atoms with Gasteiger partial charge in [0.15, 0.2) is 0 Å². The average molecular weight is 354 g/mol. The van der Waals surface area contributed by atoms with Crippen LogP contribution in [0.2, 0.25) is 0 Å². The van der Waals surface area contributed by atoms with Gasteiger partial charge in [0.2, 0.25) is 5.91 Å². The van der Waals surface area contributed by atoms with E-state index in [0.717, 1.165) is 48.9 Å². The number of carbonyl (C=O) groups excluding carboxylic acids is 1. The van der Waals surface area contributed by atoms with Crippen molar-refractivity contribution < 1.29 is 14.3 Å². The summed E-state index contributed by atoms with van der Waals surface area (Å²) in [6.07, 6.45) is 2.21. The minimum atomic E-state index is -0.231. The standard InChI is InChI=1S/C21H26N2O3/c1-3-25-18-10-12-20(13-11-18)26-19-8-6-17(7-9-19)22-16(2)21(24)23-14-4-5-15-23/h6-13,16,22H,3-5,14-15H2,1-2H3/t16-/m0/s1. The van der Waals surface area contributed by atoms with Crippen molar-refractivity contribution in [1.82, 2.24) is 4.90 Å². The number of nitrogens with one attached hydrogen (secondary N) is 1. The predicted molar refractivity (Wildman–Crippen MR) is 103 cm³/mol. The third kappa shape index (κ3) is 4.69. The Labute approximate surface area is 154 Å². The number of likely N-dealkylation sites (tertiary alicyclic amines) is 1. The molecule has 0 aliphatic carbocycles. The average Bonchev–Trinajstić information content (AvgIpc) is 3.19. The lowest BCUT2D eigenvalue weighted by atomic mass is 10.2. The molecule has 1 aliphatic heterocycles. The Bertz CT molecular complexity index is 707. The first kappa shape index (κ1) is 18.1. The van der Waals surface area contributed by atoms with Crippen LogP contribution >= 0.6 is 0 Å². The zero-order valence-electron chi connectivity index (χ0n) is 15.4. The molecule has 1 atom stereocenters. The normalized spacial score (nSPS) is 14.8. The van der Waals surface area contributed by atoms with Crippen molar-refractivity contribution in [2.45, 2.75) is 32.7 Å². The van der Waals surface area contributed by atoms with Gasteiger partial charge in [-0.15, -0.1) is 0 Å². The molecular formula is C21H26N2O3. The second-order valence-corrected chi connectivity index (χ2v) is 6.43. The van der Waals surface area contributed by atoms with Crippen molar-refractivity contribution in [3.05, 3.63) is 48.5 Å². The van der Waals surface area contributed by atoms with Crippen molar-refractivity contribution in [2.24, 2.45) is 0 Å². The zero-order chi connectivity index (χ0) is 18.4. The molecule has 2 aromatic rings. The van der Waals surface area contributed by atoms with Crippen LogP contribution in [0.4, 0.5) is 5.69 Å². The van der Waals surface area contributed by atoms with Gasteiger partial charge in [0.25, 0.3) is 0 Å². The summed E-state index contributed by atoms with van der Waals surface area (Å²) >= 11 is 0. The van der Waals surface area contributed by atoms with E-state index in [1.54, 1.807) is 0 Å². The van der Waals surface area contributed by atoms with E-state index in [0.29, 0.717) is 6.61 Å². The third-order valence-electron chi connectivity index (χ3n) is 4.40. The highest BCUT2D eigenvalue weighted by Gasteiger charge is 2.22. The van der Waals surface area contributed by atoms with Gasteiger partial charge in [0, 0.05) is 18.8 Å². The molecule has 0 unspecified atom stereocenters. The molecule has 1 N–H and O–H groups in total. The van der Waals surface area contributed by atoms with E-state index in [1.807, 2.05) is 67.3 Å². The number of carbonyl (C=O) groups is 1. The minimum Gasteiger partial charge on any atom is -0.494 e. The summed E-state index contributed by atoms with van der Waals surface area (Å²) in [5, 5.41) is 3.27. The summed E-state index contributed by atoms with van der Waals surface area (Å²) in [6.45, 7) is 6.26. The van der Waals surface area contributed by atoms with E-state index < -0.39 is 0 Å². The molecule has 0 spiro atoms.